The number of carboxylic acid groups (broad SMARTS) is 1. The number of nitrogens with one attached hydrogen (secondary N) is 1. The normalized spacial score (nSPS) is 19.1. The standard InChI is InChI=1S/C32H34N2O7/c1-20(40-16-21-10-4-3-5-11-21)29(30(35)34(2)28-19-39-17-27(28)31(36)37)33-32(38)41-18-26-24-14-8-6-12-22(24)23-13-7-9-15-25(23)26/h3-15,20,26-29H,16-19H2,1-2H3,(H,33,38)(H,36,37)/t20-,27?,28?,29+/m0/s1. The van der Waals surface area contributed by atoms with E-state index in [9.17, 15) is 19.5 Å². The molecule has 1 aliphatic heterocycles. The monoisotopic (exact) mass is 558 g/mol. The number of alkyl carbamates (subject to hydrolysis) is 1. The summed E-state index contributed by atoms with van der Waals surface area (Å²) in [6.45, 7) is 2.13. The maximum atomic E-state index is 13.7. The quantitative estimate of drug-likeness (QED) is 0.386. The van der Waals surface area contributed by atoms with Gasteiger partial charge in [0.25, 0.3) is 0 Å². The zero-order valence-corrected chi connectivity index (χ0v) is 23.1. The lowest BCUT2D eigenvalue weighted by Crippen LogP contribution is -2.57. The van der Waals surface area contributed by atoms with Gasteiger partial charge < -0.3 is 29.5 Å². The Hall–Kier alpha value is -4.21. The highest BCUT2D eigenvalue weighted by Gasteiger charge is 2.42. The number of fused-ring (bicyclic) bond motifs is 3. The SMILES string of the molecule is C[C@H](OCc1ccccc1)[C@@H](NC(=O)OCC1c2ccccc2-c2ccccc21)C(=O)N(C)C1COCC1C(=O)O. The van der Waals surface area contributed by atoms with Gasteiger partial charge in [0, 0.05) is 13.0 Å². The van der Waals surface area contributed by atoms with Crippen molar-refractivity contribution in [3.63, 3.8) is 0 Å². The van der Waals surface area contributed by atoms with Gasteiger partial charge in [-0.1, -0.05) is 78.9 Å². The summed E-state index contributed by atoms with van der Waals surface area (Å²) >= 11 is 0. The Balaban J connectivity index is 1.30. The molecule has 9 nitrogen and oxygen atoms in total. The molecule has 4 atom stereocenters. The number of aliphatic carboxylic acids is 1. The number of likely N-dealkylation sites (N-methyl/N-ethyl adjacent to an activating group) is 1. The summed E-state index contributed by atoms with van der Waals surface area (Å²) in [6, 6.07) is 23.8. The van der Waals surface area contributed by atoms with E-state index >= 15 is 0 Å². The van der Waals surface area contributed by atoms with Crippen molar-refractivity contribution in [2.45, 2.75) is 37.6 Å². The summed E-state index contributed by atoms with van der Waals surface area (Å²) in [7, 11) is 1.52. The van der Waals surface area contributed by atoms with Crippen LogP contribution in [0, 0.1) is 5.92 Å². The third kappa shape index (κ3) is 6.11. The number of ether oxygens (including phenoxy) is 3. The van der Waals surface area contributed by atoms with Crippen LogP contribution in [0.2, 0.25) is 0 Å². The van der Waals surface area contributed by atoms with E-state index in [2.05, 4.69) is 17.4 Å². The largest absolute Gasteiger partial charge is 0.481 e. The lowest BCUT2D eigenvalue weighted by molar-refractivity contribution is -0.146. The number of amides is 2. The van der Waals surface area contributed by atoms with E-state index in [4.69, 9.17) is 14.2 Å². The van der Waals surface area contributed by atoms with Gasteiger partial charge in [-0.3, -0.25) is 9.59 Å². The molecule has 1 aliphatic carbocycles. The lowest BCUT2D eigenvalue weighted by atomic mass is 9.98. The molecule has 214 valence electrons. The molecule has 1 saturated heterocycles. The van der Waals surface area contributed by atoms with E-state index in [0.717, 1.165) is 27.8 Å². The molecule has 0 spiro atoms. The Labute approximate surface area is 239 Å². The predicted octanol–water partition coefficient (Wildman–Crippen LogP) is 4.06. The molecule has 1 fully saturated rings. The van der Waals surface area contributed by atoms with E-state index in [-0.39, 0.29) is 32.3 Å². The van der Waals surface area contributed by atoms with Crippen LogP contribution < -0.4 is 5.32 Å². The van der Waals surface area contributed by atoms with Crippen molar-refractivity contribution in [1.82, 2.24) is 10.2 Å². The molecule has 0 saturated carbocycles. The molecule has 2 unspecified atom stereocenters. The highest BCUT2D eigenvalue weighted by molar-refractivity contribution is 5.87. The summed E-state index contributed by atoms with van der Waals surface area (Å²) in [5, 5.41) is 12.3. The van der Waals surface area contributed by atoms with Crippen LogP contribution in [0.3, 0.4) is 0 Å². The molecule has 2 amide bonds. The summed E-state index contributed by atoms with van der Waals surface area (Å²) in [5.41, 5.74) is 5.29. The molecule has 0 radical (unpaired) electrons. The van der Waals surface area contributed by atoms with Crippen molar-refractivity contribution in [2.75, 3.05) is 26.9 Å². The smallest absolute Gasteiger partial charge is 0.407 e. The fourth-order valence-corrected chi connectivity index (χ4v) is 5.59. The van der Waals surface area contributed by atoms with Crippen molar-refractivity contribution in [3.05, 3.63) is 95.6 Å². The zero-order chi connectivity index (χ0) is 28.9. The maximum Gasteiger partial charge on any atom is 0.407 e. The van der Waals surface area contributed by atoms with Crippen molar-refractivity contribution < 1.29 is 33.7 Å². The second-order valence-corrected chi connectivity index (χ2v) is 10.4. The number of carboxylic acids is 1. The van der Waals surface area contributed by atoms with E-state index < -0.39 is 42.1 Å². The van der Waals surface area contributed by atoms with Gasteiger partial charge in [0.1, 0.15) is 18.6 Å². The molecular weight excluding hydrogens is 524 g/mol. The number of carbonyl (C=O) groups excluding carboxylic acids is 2. The minimum absolute atomic E-state index is 0.0160. The molecule has 9 heteroatoms. The van der Waals surface area contributed by atoms with Gasteiger partial charge in [-0.2, -0.15) is 0 Å². The van der Waals surface area contributed by atoms with Crippen LogP contribution in [0.4, 0.5) is 4.79 Å². The number of nitrogens with zero attached hydrogens (tertiary/aromatic N) is 1. The van der Waals surface area contributed by atoms with Crippen molar-refractivity contribution in [3.8, 4) is 11.1 Å². The van der Waals surface area contributed by atoms with Gasteiger partial charge in [-0.25, -0.2) is 4.79 Å². The molecule has 41 heavy (non-hydrogen) atoms. The highest BCUT2D eigenvalue weighted by atomic mass is 16.5. The molecule has 0 aromatic heterocycles. The first kappa shape index (κ1) is 28.3. The Morgan fingerprint density at radius 2 is 1.56 bits per heavy atom. The van der Waals surface area contributed by atoms with Crippen LogP contribution in [-0.2, 0) is 30.4 Å². The Kier molecular flexibility index (Phi) is 8.66. The van der Waals surface area contributed by atoms with Crippen LogP contribution >= 0.6 is 0 Å². The molecule has 5 rings (SSSR count). The average molecular weight is 559 g/mol. The molecular formula is C32H34N2O7. The number of benzene rings is 3. The third-order valence-electron chi connectivity index (χ3n) is 7.92. The van der Waals surface area contributed by atoms with E-state index in [0.29, 0.717) is 0 Å². The summed E-state index contributed by atoms with van der Waals surface area (Å²) < 4.78 is 17.1. The van der Waals surface area contributed by atoms with Crippen molar-refractivity contribution in [2.24, 2.45) is 5.92 Å². The van der Waals surface area contributed by atoms with E-state index in [1.807, 2.05) is 66.7 Å². The fourth-order valence-electron chi connectivity index (χ4n) is 5.59. The maximum absolute atomic E-state index is 13.7. The first-order valence-corrected chi connectivity index (χ1v) is 13.7. The molecule has 0 bridgehead atoms. The van der Waals surface area contributed by atoms with Crippen molar-refractivity contribution in [1.29, 1.82) is 0 Å². The van der Waals surface area contributed by atoms with E-state index in [1.165, 1.54) is 11.9 Å². The van der Waals surface area contributed by atoms with Gasteiger partial charge in [-0.05, 0) is 34.7 Å². The first-order chi connectivity index (χ1) is 19.8. The zero-order valence-electron chi connectivity index (χ0n) is 23.1. The van der Waals surface area contributed by atoms with Gasteiger partial charge >= 0.3 is 12.1 Å². The van der Waals surface area contributed by atoms with Crippen molar-refractivity contribution >= 4 is 18.0 Å². The van der Waals surface area contributed by atoms with Gasteiger partial charge in [-0.15, -0.1) is 0 Å². The molecule has 3 aromatic rings. The van der Waals surface area contributed by atoms with Gasteiger partial charge in [0.2, 0.25) is 5.91 Å². The van der Waals surface area contributed by atoms with Crippen LogP contribution in [0.25, 0.3) is 11.1 Å². The summed E-state index contributed by atoms with van der Waals surface area (Å²) in [6.07, 6.45) is -1.50. The molecule has 1 heterocycles. The number of hydrogen-bond donors (Lipinski definition) is 2. The van der Waals surface area contributed by atoms with Crippen LogP contribution in [0.15, 0.2) is 78.9 Å². The van der Waals surface area contributed by atoms with Gasteiger partial charge in [0.15, 0.2) is 0 Å². The first-order valence-electron chi connectivity index (χ1n) is 13.7. The minimum Gasteiger partial charge on any atom is -0.481 e. The Morgan fingerprint density at radius 1 is 0.951 bits per heavy atom. The van der Waals surface area contributed by atoms with E-state index in [1.54, 1.807) is 6.92 Å². The Bertz CT molecular complexity index is 1350. The predicted molar refractivity (Wildman–Crippen MR) is 151 cm³/mol. The topological polar surface area (TPSA) is 114 Å². The van der Waals surface area contributed by atoms with Crippen LogP contribution in [-0.4, -0.2) is 73.0 Å². The highest BCUT2D eigenvalue weighted by Crippen LogP contribution is 2.44. The second kappa shape index (κ2) is 12.5. The average Bonchev–Trinajstić information content (AvgIpc) is 3.61. The molecule has 2 aliphatic rings. The summed E-state index contributed by atoms with van der Waals surface area (Å²) in [5.74, 6) is -2.52. The number of hydrogen-bond acceptors (Lipinski definition) is 6. The second-order valence-electron chi connectivity index (χ2n) is 10.4. The van der Waals surface area contributed by atoms with Gasteiger partial charge in [0.05, 0.1) is 32.0 Å². The fraction of sp³-hybridized carbons (Fsp3) is 0.344. The van der Waals surface area contributed by atoms with Crippen LogP contribution in [0.1, 0.15) is 29.5 Å². The number of rotatable bonds is 10. The summed E-state index contributed by atoms with van der Waals surface area (Å²) in [4.78, 5) is 39.9. The van der Waals surface area contributed by atoms with Crippen LogP contribution in [0.5, 0.6) is 0 Å². The number of carbonyl (C=O) groups is 3. The lowest BCUT2D eigenvalue weighted by Gasteiger charge is -2.32. The molecule has 3 aromatic carbocycles. The third-order valence-corrected chi connectivity index (χ3v) is 7.92. The molecule has 2 N–H and O–H groups in total. The minimum atomic E-state index is -1.12. The Morgan fingerprint density at radius 3 is 2.20 bits per heavy atom.